The van der Waals surface area contributed by atoms with Crippen molar-refractivity contribution in [2.45, 2.75) is 85.5 Å². The molecule has 0 saturated carbocycles. The van der Waals surface area contributed by atoms with Crippen molar-refractivity contribution < 1.29 is 4.74 Å². The lowest BCUT2D eigenvalue weighted by Crippen LogP contribution is -2.49. The molecule has 1 fully saturated rings. The average Bonchev–Trinajstić information content (AvgIpc) is 2.47. The molecule has 3 atom stereocenters. The zero-order valence-electron chi connectivity index (χ0n) is 14.3. The van der Waals surface area contributed by atoms with Gasteiger partial charge in [-0.1, -0.05) is 27.7 Å². The molecule has 0 bridgehead atoms. The Balaban J connectivity index is 2.90. The highest BCUT2D eigenvalue weighted by molar-refractivity contribution is 5.01. The van der Waals surface area contributed by atoms with Crippen LogP contribution in [-0.4, -0.2) is 23.8 Å². The van der Waals surface area contributed by atoms with Crippen molar-refractivity contribution in [1.29, 1.82) is 0 Å². The molecule has 2 heteroatoms. The van der Waals surface area contributed by atoms with Gasteiger partial charge in [-0.2, -0.15) is 0 Å². The third-order valence-electron chi connectivity index (χ3n) is 4.83. The molecule has 19 heavy (non-hydrogen) atoms. The van der Waals surface area contributed by atoms with Crippen LogP contribution >= 0.6 is 0 Å². The van der Waals surface area contributed by atoms with Gasteiger partial charge in [0, 0.05) is 12.0 Å². The Morgan fingerprint density at radius 3 is 2.11 bits per heavy atom. The molecule has 1 rings (SSSR count). The molecule has 0 aromatic heterocycles. The average molecular weight is 269 g/mol. The third kappa shape index (κ3) is 4.19. The maximum absolute atomic E-state index is 6.30. The van der Waals surface area contributed by atoms with Crippen molar-refractivity contribution in [2.24, 2.45) is 17.8 Å². The first-order chi connectivity index (χ1) is 8.60. The Morgan fingerprint density at radius 1 is 1.16 bits per heavy atom. The Kier molecular flexibility index (Phi) is 5.48. The van der Waals surface area contributed by atoms with Crippen molar-refractivity contribution in [3.05, 3.63) is 0 Å². The predicted octanol–water partition coefficient (Wildman–Crippen LogP) is 4.24. The first-order valence-corrected chi connectivity index (χ1v) is 8.04. The molecule has 1 N–H and O–H groups in total. The molecule has 114 valence electrons. The van der Waals surface area contributed by atoms with Gasteiger partial charge < -0.3 is 10.1 Å². The van der Waals surface area contributed by atoms with Crippen LogP contribution in [-0.2, 0) is 4.74 Å². The van der Waals surface area contributed by atoms with Crippen LogP contribution in [0, 0.1) is 17.8 Å². The van der Waals surface area contributed by atoms with Gasteiger partial charge in [-0.3, -0.25) is 0 Å². The van der Waals surface area contributed by atoms with E-state index in [-0.39, 0.29) is 11.2 Å². The van der Waals surface area contributed by atoms with Crippen molar-refractivity contribution >= 4 is 0 Å². The van der Waals surface area contributed by atoms with Gasteiger partial charge >= 0.3 is 0 Å². The van der Waals surface area contributed by atoms with E-state index in [1.807, 2.05) is 0 Å². The minimum absolute atomic E-state index is 0.0109. The fourth-order valence-corrected chi connectivity index (χ4v) is 3.58. The summed E-state index contributed by atoms with van der Waals surface area (Å²) >= 11 is 0. The summed E-state index contributed by atoms with van der Waals surface area (Å²) in [5.41, 5.74) is -0.0188. The highest BCUT2D eigenvalue weighted by Crippen LogP contribution is 2.45. The first-order valence-electron chi connectivity index (χ1n) is 8.04. The minimum atomic E-state index is -0.0297. The van der Waals surface area contributed by atoms with Gasteiger partial charge in [0.2, 0.25) is 0 Å². The van der Waals surface area contributed by atoms with Gasteiger partial charge in [0.25, 0.3) is 0 Å². The molecular formula is C17H35NO. The molecule has 1 saturated heterocycles. The van der Waals surface area contributed by atoms with Crippen LogP contribution in [0.2, 0.25) is 0 Å². The third-order valence-corrected chi connectivity index (χ3v) is 4.83. The van der Waals surface area contributed by atoms with E-state index in [9.17, 15) is 0 Å². The monoisotopic (exact) mass is 269 g/mol. The molecule has 0 radical (unpaired) electrons. The highest BCUT2D eigenvalue weighted by atomic mass is 16.5. The van der Waals surface area contributed by atoms with Gasteiger partial charge in [0.1, 0.15) is 0 Å². The molecule has 2 nitrogen and oxygen atoms in total. The van der Waals surface area contributed by atoms with E-state index < -0.39 is 0 Å². The number of nitrogens with one attached hydrogen (secondary N) is 1. The van der Waals surface area contributed by atoms with Crippen molar-refractivity contribution in [3.63, 3.8) is 0 Å². The molecular weight excluding hydrogens is 234 g/mol. The summed E-state index contributed by atoms with van der Waals surface area (Å²) in [5.74, 6) is 1.97. The van der Waals surface area contributed by atoms with Crippen molar-refractivity contribution in [3.8, 4) is 0 Å². The minimum Gasteiger partial charge on any atom is -0.369 e. The smallest absolute Gasteiger partial charge is 0.0677 e. The van der Waals surface area contributed by atoms with Crippen LogP contribution in [0.1, 0.15) is 68.2 Å². The standard InChI is InChI=1S/C17H35NO/c1-9-10-18-15(13(4)12(2)3)14-11-16(5,6)19-17(14,7)8/h12-15,18H,9-11H2,1-8H3. The van der Waals surface area contributed by atoms with Crippen molar-refractivity contribution in [1.82, 2.24) is 5.32 Å². The van der Waals surface area contributed by atoms with Gasteiger partial charge in [0.05, 0.1) is 11.2 Å². The maximum atomic E-state index is 6.30. The molecule has 1 aliphatic rings. The number of ether oxygens (including phenoxy) is 1. The molecule has 0 amide bonds. The highest BCUT2D eigenvalue weighted by Gasteiger charge is 2.50. The number of rotatable bonds is 6. The molecule has 0 aromatic carbocycles. The summed E-state index contributed by atoms with van der Waals surface area (Å²) in [6, 6.07) is 0.553. The largest absolute Gasteiger partial charge is 0.369 e. The van der Waals surface area contributed by atoms with Crippen molar-refractivity contribution in [2.75, 3.05) is 6.54 Å². The van der Waals surface area contributed by atoms with E-state index in [2.05, 4.69) is 60.7 Å². The van der Waals surface area contributed by atoms with E-state index in [4.69, 9.17) is 4.74 Å². The summed E-state index contributed by atoms with van der Waals surface area (Å²) in [5, 5.41) is 3.81. The normalized spacial score (nSPS) is 28.6. The zero-order valence-corrected chi connectivity index (χ0v) is 14.3. The quantitative estimate of drug-likeness (QED) is 0.778. The van der Waals surface area contributed by atoms with Gasteiger partial charge in [-0.05, 0) is 58.9 Å². The lowest BCUT2D eigenvalue weighted by atomic mass is 9.74. The van der Waals surface area contributed by atoms with E-state index >= 15 is 0 Å². The first kappa shape index (κ1) is 17.0. The number of hydrogen-bond donors (Lipinski definition) is 1. The van der Waals surface area contributed by atoms with Gasteiger partial charge in [-0.15, -0.1) is 0 Å². The predicted molar refractivity (Wildman–Crippen MR) is 83.4 cm³/mol. The second-order valence-corrected chi connectivity index (χ2v) is 7.86. The summed E-state index contributed by atoms with van der Waals surface area (Å²) in [6.45, 7) is 19.4. The van der Waals surface area contributed by atoms with E-state index in [1.165, 1.54) is 6.42 Å². The lowest BCUT2D eigenvalue weighted by Gasteiger charge is -2.38. The van der Waals surface area contributed by atoms with E-state index in [0.29, 0.717) is 23.8 Å². The maximum Gasteiger partial charge on any atom is 0.0677 e. The fourth-order valence-electron chi connectivity index (χ4n) is 3.58. The Bertz CT molecular complexity index is 283. The second kappa shape index (κ2) is 6.13. The Hall–Kier alpha value is -0.0800. The second-order valence-electron chi connectivity index (χ2n) is 7.86. The summed E-state index contributed by atoms with van der Waals surface area (Å²) in [4.78, 5) is 0. The topological polar surface area (TPSA) is 21.3 Å². The molecule has 1 aliphatic heterocycles. The molecule has 0 aromatic rings. The van der Waals surface area contributed by atoms with Crippen LogP contribution < -0.4 is 5.32 Å². The zero-order chi connectivity index (χ0) is 14.8. The van der Waals surface area contributed by atoms with Gasteiger partial charge in [0.15, 0.2) is 0 Å². The van der Waals surface area contributed by atoms with Crippen LogP contribution in [0.3, 0.4) is 0 Å². The van der Waals surface area contributed by atoms with Gasteiger partial charge in [-0.25, -0.2) is 0 Å². The fraction of sp³-hybridized carbons (Fsp3) is 1.00. The van der Waals surface area contributed by atoms with E-state index in [0.717, 1.165) is 13.0 Å². The summed E-state index contributed by atoms with van der Waals surface area (Å²) in [7, 11) is 0. The van der Waals surface area contributed by atoms with Crippen LogP contribution in [0.25, 0.3) is 0 Å². The Labute approximate surface area is 120 Å². The molecule has 1 heterocycles. The van der Waals surface area contributed by atoms with Crippen LogP contribution in [0.15, 0.2) is 0 Å². The SMILES string of the molecule is CCCNC(C(C)C(C)C)C1CC(C)(C)OC1(C)C. The molecule has 3 unspecified atom stereocenters. The van der Waals surface area contributed by atoms with E-state index in [1.54, 1.807) is 0 Å². The van der Waals surface area contributed by atoms with Crippen LogP contribution in [0.4, 0.5) is 0 Å². The lowest BCUT2D eigenvalue weighted by molar-refractivity contribution is -0.0800. The molecule has 0 aliphatic carbocycles. The number of hydrogen-bond acceptors (Lipinski definition) is 2. The summed E-state index contributed by atoms with van der Waals surface area (Å²) in [6.07, 6.45) is 2.34. The molecule has 0 spiro atoms. The Morgan fingerprint density at radius 2 is 1.74 bits per heavy atom. The van der Waals surface area contributed by atoms with Crippen LogP contribution in [0.5, 0.6) is 0 Å². The summed E-state index contributed by atoms with van der Waals surface area (Å²) < 4.78 is 6.30.